The smallest absolute Gasteiger partial charge is 0.168 e. The number of nitrogens with two attached hydrogens (primary N) is 1. The molecule has 0 aliphatic rings. The van der Waals surface area contributed by atoms with Crippen LogP contribution in [0.3, 0.4) is 0 Å². The van der Waals surface area contributed by atoms with Crippen LogP contribution < -0.4 is 5.73 Å². The maximum Gasteiger partial charge on any atom is 0.168 e. The highest BCUT2D eigenvalue weighted by Gasteiger charge is 2.19. The summed E-state index contributed by atoms with van der Waals surface area (Å²) in [6.45, 7) is 2.34. The lowest BCUT2D eigenvalue weighted by molar-refractivity contribution is 0.0966. The van der Waals surface area contributed by atoms with Gasteiger partial charge < -0.3 is 5.73 Å². The zero-order valence-electron chi connectivity index (χ0n) is 9.47. The van der Waals surface area contributed by atoms with E-state index in [1.54, 1.807) is 0 Å². The van der Waals surface area contributed by atoms with Crippen molar-refractivity contribution in [3.63, 3.8) is 0 Å². The molecule has 0 saturated carbocycles. The summed E-state index contributed by atoms with van der Waals surface area (Å²) in [7, 11) is 0. The van der Waals surface area contributed by atoms with Gasteiger partial charge >= 0.3 is 0 Å². The van der Waals surface area contributed by atoms with E-state index < -0.39 is 23.0 Å². The van der Waals surface area contributed by atoms with Gasteiger partial charge in [-0.15, -0.1) is 0 Å². The first-order valence-electron chi connectivity index (χ1n) is 5.34. The Labute approximate surface area is 107 Å². The van der Waals surface area contributed by atoms with Gasteiger partial charge in [0.15, 0.2) is 11.6 Å². The molecule has 1 rings (SSSR count). The number of rotatable bonds is 5. The molecule has 1 unspecified atom stereocenters. The second kappa shape index (κ2) is 6.21. The molecule has 0 aliphatic carbocycles. The normalized spacial score (nSPS) is 12.5. The fraction of sp³-hybridized carbons (Fsp3) is 0.417. The van der Waals surface area contributed by atoms with Gasteiger partial charge in [-0.2, -0.15) is 0 Å². The lowest BCUT2D eigenvalue weighted by Gasteiger charge is -2.09. The lowest BCUT2D eigenvalue weighted by atomic mass is 9.99. The standard InChI is InChI=1S/C12H14BrF2NO/c1-7(6-16)2-5-10(17)11-9(14)4-3-8(13)12(11)15/h3-4,7H,2,5-6,16H2,1H3. The summed E-state index contributed by atoms with van der Waals surface area (Å²) in [5.41, 5.74) is 4.95. The Kier molecular flexibility index (Phi) is 5.21. The van der Waals surface area contributed by atoms with Crippen LogP contribution in [0.15, 0.2) is 16.6 Å². The number of carbonyl (C=O) groups is 1. The molecule has 0 aliphatic heterocycles. The Morgan fingerprint density at radius 2 is 2.12 bits per heavy atom. The average molecular weight is 306 g/mol. The third-order valence-electron chi connectivity index (χ3n) is 2.59. The average Bonchev–Trinajstić information content (AvgIpc) is 2.31. The number of hydrogen-bond donors (Lipinski definition) is 1. The van der Waals surface area contributed by atoms with E-state index in [0.29, 0.717) is 13.0 Å². The number of benzene rings is 1. The van der Waals surface area contributed by atoms with Crippen molar-refractivity contribution in [2.24, 2.45) is 11.7 Å². The third kappa shape index (κ3) is 3.57. The van der Waals surface area contributed by atoms with Crippen molar-refractivity contribution in [2.45, 2.75) is 19.8 Å². The van der Waals surface area contributed by atoms with E-state index in [1.165, 1.54) is 6.07 Å². The van der Waals surface area contributed by atoms with Gasteiger partial charge in [0, 0.05) is 6.42 Å². The predicted molar refractivity (Wildman–Crippen MR) is 65.8 cm³/mol. The fourth-order valence-electron chi connectivity index (χ4n) is 1.40. The zero-order valence-corrected chi connectivity index (χ0v) is 11.1. The molecule has 0 aromatic heterocycles. The van der Waals surface area contributed by atoms with Crippen molar-refractivity contribution in [1.29, 1.82) is 0 Å². The molecule has 0 fully saturated rings. The third-order valence-corrected chi connectivity index (χ3v) is 3.20. The largest absolute Gasteiger partial charge is 0.330 e. The van der Waals surface area contributed by atoms with Crippen LogP contribution in [0.2, 0.25) is 0 Å². The minimum atomic E-state index is -0.838. The molecule has 2 N–H and O–H groups in total. The quantitative estimate of drug-likeness (QED) is 0.670. The van der Waals surface area contributed by atoms with E-state index in [1.807, 2.05) is 6.92 Å². The Hall–Kier alpha value is -0.810. The highest BCUT2D eigenvalue weighted by Crippen LogP contribution is 2.23. The first-order valence-corrected chi connectivity index (χ1v) is 6.13. The molecule has 0 saturated heterocycles. The van der Waals surface area contributed by atoms with Gasteiger partial charge in [0.2, 0.25) is 0 Å². The Morgan fingerprint density at radius 3 is 2.71 bits per heavy atom. The number of ketones is 1. The van der Waals surface area contributed by atoms with E-state index >= 15 is 0 Å². The molecule has 0 bridgehead atoms. The van der Waals surface area contributed by atoms with Crippen molar-refractivity contribution in [3.8, 4) is 0 Å². The monoisotopic (exact) mass is 305 g/mol. The molecule has 0 spiro atoms. The number of Topliss-reactive ketones (excluding diaryl/α,β-unsaturated/α-hetero) is 1. The van der Waals surface area contributed by atoms with Gasteiger partial charge in [-0.3, -0.25) is 4.79 Å². The fourth-order valence-corrected chi connectivity index (χ4v) is 1.73. The number of hydrogen-bond acceptors (Lipinski definition) is 2. The summed E-state index contributed by atoms with van der Waals surface area (Å²) in [6.07, 6.45) is 0.628. The summed E-state index contributed by atoms with van der Waals surface area (Å²) in [5.74, 6) is -2.02. The van der Waals surface area contributed by atoms with Crippen molar-refractivity contribution in [1.82, 2.24) is 0 Å². The molecule has 1 atom stereocenters. The molecule has 1 aromatic rings. The highest BCUT2D eigenvalue weighted by molar-refractivity contribution is 9.10. The van der Waals surface area contributed by atoms with Gasteiger partial charge in [0.05, 0.1) is 10.0 Å². The molecular weight excluding hydrogens is 292 g/mol. The SMILES string of the molecule is CC(CN)CCC(=O)c1c(F)ccc(Br)c1F. The zero-order chi connectivity index (χ0) is 13.0. The predicted octanol–water partition coefficient (Wildman–Crippen LogP) is 3.29. The lowest BCUT2D eigenvalue weighted by Crippen LogP contribution is -2.13. The van der Waals surface area contributed by atoms with Crippen LogP contribution in [0.1, 0.15) is 30.1 Å². The maximum absolute atomic E-state index is 13.6. The van der Waals surface area contributed by atoms with Gasteiger partial charge in [-0.05, 0) is 46.9 Å². The molecule has 0 radical (unpaired) electrons. The topological polar surface area (TPSA) is 43.1 Å². The second-order valence-corrected chi connectivity index (χ2v) is 4.88. The van der Waals surface area contributed by atoms with Gasteiger partial charge in [-0.25, -0.2) is 8.78 Å². The first-order chi connectivity index (χ1) is 7.97. The molecule has 94 valence electrons. The molecule has 1 aromatic carbocycles. The summed E-state index contributed by atoms with van der Waals surface area (Å²) in [6, 6.07) is 2.32. The van der Waals surface area contributed by atoms with Crippen LogP contribution in [0, 0.1) is 17.6 Å². The van der Waals surface area contributed by atoms with Crippen molar-refractivity contribution in [2.75, 3.05) is 6.54 Å². The highest BCUT2D eigenvalue weighted by atomic mass is 79.9. The number of halogens is 3. The van der Waals surface area contributed by atoms with E-state index in [-0.39, 0.29) is 16.8 Å². The summed E-state index contributed by atoms with van der Waals surface area (Å²) < 4.78 is 27.1. The maximum atomic E-state index is 13.6. The Morgan fingerprint density at radius 1 is 1.47 bits per heavy atom. The summed E-state index contributed by atoms with van der Waals surface area (Å²) >= 11 is 2.93. The van der Waals surface area contributed by atoms with Gasteiger partial charge in [0.25, 0.3) is 0 Å². The van der Waals surface area contributed by atoms with Crippen LogP contribution in [0.5, 0.6) is 0 Å². The Bertz CT molecular complexity index is 423. The van der Waals surface area contributed by atoms with E-state index in [4.69, 9.17) is 5.73 Å². The molecule has 0 amide bonds. The first kappa shape index (κ1) is 14.3. The minimum Gasteiger partial charge on any atom is -0.330 e. The van der Waals surface area contributed by atoms with Crippen LogP contribution in [-0.4, -0.2) is 12.3 Å². The molecule has 0 heterocycles. The van der Waals surface area contributed by atoms with Crippen molar-refractivity contribution >= 4 is 21.7 Å². The number of carbonyl (C=O) groups excluding carboxylic acids is 1. The summed E-state index contributed by atoms with van der Waals surface area (Å²) in [5, 5.41) is 0. The summed E-state index contributed by atoms with van der Waals surface area (Å²) in [4.78, 5) is 11.7. The van der Waals surface area contributed by atoms with Crippen LogP contribution >= 0.6 is 15.9 Å². The van der Waals surface area contributed by atoms with Gasteiger partial charge in [-0.1, -0.05) is 6.92 Å². The van der Waals surface area contributed by atoms with Crippen molar-refractivity contribution < 1.29 is 13.6 Å². The van der Waals surface area contributed by atoms with Gasteiger partial charge in [0.1, 0.15) is 5.82 Å². The molecule has 2 nitrogen and oxygen atoms in total. The Balaban J connectivity index is 2.86. The van der Waals surface area contributed by atoms with E-state index in [9.17, 15) is 13.6 Å². The van der Waals surface area contributed by atoms with Crippen LogP contribution in [0.4, 0.5) is 8.78 Å². The molecule has 5 heteroatoms. The minimum absolute atomic E-state index is 0.0918. The molecule has 17 heavy (non-hydrogen) atoms. The van der Waals surface area contributed by atoms with Crippen LogP contribution in [-0.2, 0) is 0 Å². The second-order valence-electron chi connectivity index (χ2n) is 4.02. The van der Waals surface area contributed by atoms with Crippen molar-refractivity contribution in [3.05, 3.63) is 33.8 Å². The molecular formula is C12H14BrF2NO. The van der Waals surface area contributed by atoms with Crippen LogP contribution in [0.25, 0.3) is 0 Å². The van der Waals surface area contributed by atoms with E-state index in [0.717, 1.165) is 6.07 Å². The van der Waals surface area contributed by atoms with E-state index in [2.05, 4.69) is 15.9 Å².